The number of nitrogens with two attached hydrogens (primary N) is 1. The normalized spacial score (nSPS) is 17.4. The SMILES string of the molecule is CC[C@@H]1CC(=O)N[C@@H]1COc1ncc(NSc2ccccc2)c2cc(C(N)=O)c(OC(C)C)cc12. The molecule has 35 heavy (non-hydrogen) atoms. The van der Waals surface area contributed by atoms with Crippen LogP contribution in [0.15, 0.2) is 53.6 Å². The van der Waals surface area contributed by atoms with E-state index in [-0.39, 0.29) is 29.5 Å². The van der Waals surface area contributed by atoms with Crippen LogP contribution in [0.1, 0.15) is 44.0 Å². The van der Waals surface area contributed by atoms with E-state index >= 15 is 0 Å². The minimum Gasteiger partial charge on any atom is -0.490 e. The number of fused-ring (bicyclic) bond motifs is 1. The summed E-state index contributed by atoms with van der Waals surface area (Å²) in [4.78, 5) is 29.7. The summed E-state index contributed by atoms with van der Waals surface area (Å²) in [5, 5.41) is 4.40. The first-order valence-electron chi connectivity index (χ1n) is 11.7. The number of amides is 2. The van der Waals surface area contributed by atoms with Gasteiger partial charge in [0.05, 0.1) is 29.6 Å². The second-order valence-electron chi connectivity index (χ2n) is 8.78. The van der Waals surface area contributed by atoms with Crippen molar-refractivity contribution in [2.75, 3.05) is 11.3 Å². The summed E-state index contributed by atoms with van der Waals surface area (Å²) >= 11 is 1.43. The summed E-state index contributed by atoms with van der Waals surface area (Å²) in [6.45, 7) is 6.13. The van der Waals surface area contributed by atoms with Gasteiger partial charge in [-0.1, -0.05) is 31.5 Å². The maximum atomic E-state index is 12.3. The summed E-state index contributed by atoms with van der Waals surface area (Å²) in [5.41, 5.74) is 6.68. The Morgan fingerprint density at radius 1 is 1.26 bits per heavy atom. The quantitative estimate of drug-likeness (QED) is 0.355. The van der Waals surface area contributed by atoms with Crippen molar-refractivity contribution in [3.05, 3.63) is 54.2 Å². The predicted molar refractivity (Wildman–Crippen MR) is 138 cm³/mol. The summed E-state index contributed by atoms with van der Waals surface area (Å²) in [7, 11) is 0. The minimum atomic E-state index is -0.581. The molecule has 0 bridgehead atoms. The number of rotatable bonds is 10. The summed E-state index contributed by atoms with van der Waals surface area (Å²) in [6.07, 6.45) is 2.91. The molecule has 1 aromatic heterocycles. The van der Waals surface area contributed by atoms with Crippen molar-refractivity contribution in [3.63, 3.8) is 0 Å². The van der Waals surface area contributed by atoms with E-state index in [0.29, 0.717) is 35.7 Å². The fourth-order valence-corrected chi connectivity index (χ4v) is 4.81. The first kappa shape index (κ1) is 24.7. The van der Waals surface area contributed by atoms with Gasteiger partial charge in [-0.15, -0.1) is 0 Å². The van der Waals surface area contributed by atoms with Gasteiger partial charge in [0.1, 0.15) is 12.4 Å². The smallest absolute Gasteiger partial charge is 0.252 e. The molecule has 0 aliphatic carbocycles. The van der Waals surface area contributed by atoms with E-state index in [0.717, 1.165) is 16.7 Å². The Hall–Kier alpha value is -3.46. The van der Waals surface area contributed by atoms with Crippen molar-refractivity contribution >= 4 is 40.2 Å². The molecule has 2 atom stereocenters. The van der Waals surface area contributed by atoms with Gasteiger partial charge in [-0.3, -0.25) is 9.59 Å². The molecular formula is C26H30N4O4S. The Morgan fingerprint density at radius 2 is 2.03 bits per heavy atom. The van der Waals surface area contributed by atoms with E-state index in [4.69, 9.17) is 15.2 Å². The molecule has 0 radical (unpaired) electrons. The van der Waals surface area contributed by atoms with Crippen LogP contribution in [0.25, 0.3) is 10.8 Å². The Bertz CT molecular complexity index is 1220. The van der Waals surface area contributed by atoms with E-state index in [1.54, 1.807) is 18.3 Å². The van der Waals surface area contributed by atoms with Crippen LogP contribution < -0.4 is 25.2 Å². The number of hydrogen-bond donors (Lipinski definition) is 3. The number of pyridine rings is 1. The topological polar surface area (TPSA) is 116 Å². The second-order valence-corrected chi connectivity index (χ2v) is 9.66. The number of anilines is 1. The largest absolute Gasteiger partial charge is 0.490 e. The third-order valence-electron chi connectivity index (χ3n) is 5.89. The first-order chi connectivity index (χ1) is 16.9. The van der Waals surface area contributed by atoms with Crippen LogP contribution in [0.3, 0.4) is 0 Å². The van der Waals surface area contributed by atoms with Gasteiger partial charge in [0.25, 0.3) is 5.91 Å². The number of aromatic nitrogens is 1. The van der Waals surface area contributed by atoms with Gasteiger partial charge in [0.15, 0.2) is 0 Å². The number of benzene rings is 2. The molecule has 8 nitrogen and oxygen atoms in total. The molecule has 0 unspecified atom stereocenters. The van der Waals surface area contributed by atoms with Crippen molar-refractivity contribution < 1.29 is 19.1 Å². The summed E-state index contributed by atoms with van der Waals surface area (Å²) in [5.74, 6) is 0.455. The lowest BCUT2D eigenvalue weighted by atomic mass is 9.98. The average molecular weight is 495 g/mol. The highest BCUT2D eigenvalue weighted by atomic mass is 32.2. The van der Waals surface area contributed by atoms with Gasteiger partial charge >= 0.3 is 0 Å². The molecule has 2 aromatic carbocycles. The second kappa shape index (κ2) is 10.9. The van der Waals surface area contributed by atoms with Gasteiger partial charge in [-0.05, 0) is 56.0 Å². The third-order valence-corrected chi connectivity index (χ3v) is 6.72. The molecule has 0 saturated carbocycles. The van der Waals surface area contributed by atoms with Crippen LogP contribution in [-0.4, -0.2) is 35.6 Å². The van der Waals surface area contributed by atoms with Crippen molar-refractivity contribution in [1.82, 2.24) is 10.3 Å². The Labute approximate surface area is 209 Å². The molecule has 1 aliphatic heterocycles. The number of carbonyl (C=O) groups excluding carboxylic acids is 2. The lowest BCUT2D eigenvalue weighted by Gasteiger charge is -2.20. The van der Waals surface area contributed by atoms with Crippen LogP contribution in [-0.2, 0) is 4.79 Å². The Morgan fingerprint density at radius 3 is 2.71 bits per heavy atom. The summed E-state index contributed by atoms with van der Waals surface area (Å²) in [6, 6.07) is 13.3. The predicted octanol–water partition coefficient (Wildman–Crippen LogP) is 4.53. The lowest BCUT2D eigenvalue weighted by molar-refractivity contribution is -0.119. The Kier molecular flexibility index (Phi) is 7.65. The van der Waals surface area contributed by atoms with Crippen molar-refractivity contribution in [2.24, 2.45) is 11.7 Å². The van der Waals surface area contributed by atoms with Gasteiger partial charge in [-0.25, -0.2) is 4.98 Å². The zero-order valence-corrected chi connectivity index (χ0v) is 20.9. The Balaban J connectivity index is 1.71. The van der Waals surface area contributed by atoms with Crippen molar-refractivity contribution in [3.8, 4) is 11.6 Å². The van der Waals surface area contributed by atoms with E-state index < -0.39 is 5.91 Å². The van der Waals surface area contributed by atoms with E-state index in [2.05, 4.69) is 21.9 Å². The van der Waals surface area contributed by atoms with E-state index in [1.807, 2.05) is 44.2 Å². The molecule has 1 fully saturated rings. The molecule has 184 valence electrons. The monoisotopic (exact) mass is 494 g/mol. The number of primary amides is 1. The number of carbonyl (C=O) groups is 2. The molecule has 1 aliphatic rings. The number of nitrogens with one attached hydrogen (secondary N) is 2. The fourth-order valence-electron chi connectivity index (χ4n) is 4.12. The lowest BCUT2D eigenvalue weighted by Crippen LogP contribution is -2.34. The number of hydrogen-bond acceptors (Lipinski definition) is 7. The minimum absolute atomic E-state index is 0.0412. The maximum Gasteiger partial charge on any atom is 0.252 e. The standard InChI is InChI=1S/C26H30N4O4S/c1-4-16-10-24(31)29-22(16)14-33-26-19-12-23(34-15(2)3)20(25(27)32)11-18(19)21(13-28-26)30-35-17-8-6-5-7-9-17/h5-9,11-13,15-16,22,30H,4,10,14H2,1-3H3,(H2,27,32)(H,29,31)/t16-,22-/m1/s1. The highest BCUT2D eigenvalue weighted by Gasteiger charge is 2.31. The van der Waals surface area contributed by atoms with E-state index in [9.17, 15) is 9.59 Å². The number of nitrogens with zero attached hydrogens (tertiary/aromatic N) is 1. The van der Waals surface area contributed by atoms with Crippen LogP contribution in [0.5, 0.6) is 11.6 Å². The first-order valence-corrected chi connectivity index (χ1v) is 12.5. The molecule has 1 saturated heterocycles. The molecule has 4 rings (SSSR count). The molecular weight excluding hydrogens is 464 g/mol. The van der Waals surface area contributed by atoms with Crippen LogP contribution in [0, 0.1) is 5.92 Å². The van der Waals surface area contributed by atoms with Gasteiger partial charge in [-0.2, -0.15) is 0 Å². The highest BCUT2D eigenvalue weighted by Crippen LogP contribution is 2.37. The van der Waals surface area contributed by atoms with Crippen LogP contribution >= 0.6 is 11.9 Å². The molecule has 0 spiro atoms. The molecule has 2 amide bonds. The van der Waals surface area contributed by atoms with Crippen molar-refractivity contribution in [1.29, 1.82) is 0 Å². The molecule has 3 aromatic rings. The highest BCUT2D eigenvalue weighted by molar-refractivity contribution is 8.00. The zero-order chi connectivity index (χ0) is 24.9. The maximum absolute atomic E-state index is 12.3. The fraction of sp³-hybridized carbons (Fsp3) is 0.346. The molecule has 9 heteroatoms. The van der Waals surface area contributed by atoms with Gasteiger partial charge in [0, 0.05) is 22.1 Å². The molecule has 2 heterocycles. The van der Waals surface area contributed by atoms with Gasteiger partial charge in [0.2, 0.25) is 11.8 Å². The summed E-state index contributed by atoms with van der Waals surface area (Å²) < 4.78 is 15.4. The van der Waals surface area contributed by atoms with E-state index in [1.165, 1.54) is 11.9 Å². The molecule has 4 N–H and O–H groups in total. The van der Waals surface area contributed by atoms with Crippen LogP contribution in [0.4, 0.5) is 5.69 Å². The number of ether oxygens (including phenoxy) is 2. The van der Waals surface area contributed by atoms with Crippen LogP contribution in [0.2, 0.25) is 0 Å². The van der Waals surface area contributed by atoms with Gasteiger partial charge < -0.3 is 25.2 Å². The van der Waals surface area contributed by atoms with Crippen molar-refractivity contribution in [2.45, 2.75) is 50.7 Å². The third kappa shape index (κ3) is 5.79. The average Bonchev–Trinajstić information content (AvgIpc) is 3.20. The zero-order valence-electron chi connectivity index (χ0n) is 20.0.